The number of fused-ring (bicyclic) bond motifs is 1. The molecule has 2 saturated carbocycles. The van der Waals surface area contributed by atoms with Crippen LogP contribution < -0.4 is 14.8 Å². The van der Waals surface area contributed by atoms with Crippen LogP contribution in [0.1, 0.15) is 12.8 Å². The third-order valence-electron chi connectivity index (χ3n) is 5.45. The minimum Gasteiger partial charge on any atom is -0.497 e. The average molecular weight is 317 g/mol. The summed E-state index contributed by atoms with van der Waals surface area (Å²) in [5.41, 5.74) is 0.587. The van der Waals surface area contributed by atoms with Crippen molar-refractivity contribution in [3.05, 3.63) is 18.2 Å². The van der Waals surface area contributed by atoms with Crippen molar-refractivity contribution in [3.8, 4) is 11.5 Å². The van der Waals surface area contributed by atoms with E-state index in [1.54, 1.807) is 32.4 Å². The average Bonchev–Trinajstić information content (AvgIpc) is 3.16. The van der Waals surface area contributed by atoms with E-state index < -0.39 is 0 Å². The molecule has 23 heavy (non-hydrogen) atoms. The van der Waals surface area contributed by atoms with Gasteiger partial charge in [0.15, 0.2) is 0 Å². The van der Waals surface area contributed by atoms with Crippen LogP contribution in [0.25, 0.3) is 0 Å². The lowest BCUT2D eigenvalue weighted by Crippen LogP contribution is -2.35. The number of rotatable bonds is 4. The molecule has 0 aromatic heterocycles. The summed E-state index contributed by atoms with van der Waals surface area (Å²) in [5.74, 6) is 0.757. The first-order valence-corrected chi connectivity index (χ1v) is 7.85. The molecular weight excluding hydrogens is 298 g/mol. The van der Waals surface area contributed by atoms with Gasteiger partial charge < -0.3 is 19.5 Å². The molecule has 6 nitrogen and oxygen atoms in total. The molecule has 1 aromatic carbocycles. The Labute approximate surface area is 134 Å². The minimum absolute atomic E-state index is 0.0390. The first-order valence-electron chi connectivity index (χ1n) is 7.85. The van der Waals surface area contributed by atoms with Gasteiger partial charge in [-0.3, -0.25) is 9.59 Å². The fourth-order valence-electron chi connectivity index (χ4n) is 4.48. The molecule has 1 aromatic rings. The molecule has 1 aliphatic heterocycles. The van der Waals surface area contributed by atoms with Crippen molar-refractivity contribution in [2.24, 2.45) is 23.7 Å². The zero-order valence-electron chi connectivity index (χ0n) is 13.1. The molecule has 6 heteroatoms. The second kappa shape index (κ2) is 5.15. The highest BCUT2D eigenvalue weighted by Crippen LogP contribution is 2.57. The number of hydrogen-bond acceptors (Lipinski definition) is 5. The molecular formula is C17H19NO5. The number of carbonyl (C=O) groups is 2. The number of anilines is 1. The van der Waals surface area contributed by atoms with E-state index in [2.05, 4.69) is 5.32 Å². The number of hydrogen-bond donors (Lipinski definition) is 1. The highest BCUT2D eigenvalue weighted by molar-refractivity contribution is 5.98. The second-order valence-electron chi connectivity index (χ2n) is 6.48. The molecule has 3 fully saturated rings. The Hall–Kier alpha value is -2.24. The number of amides is 1. The quantitative estimate of drug-likeness (QED) is 0.858. The zero-order chi connectivity index (χ0) is 16.1. The number of esters is 1. The summed E-state index contributed by atoms with van der Waals surface area (Å²) < 4.78 is 15.9. The lowest BCUT2D eigenvalue weighted by atomic mass is 9.79. The normalized spacial score (nSPS) is 33.5. The first-order chi connectivity index (χ1) is 11.1. The molecule has 1 saturated heterocycles. The molecule has 5 atom stereocenters. The summed E-state index contributed by atoms with van der Waals surface area (Å²) in [7, 11) is 3.12. The van der Waals surface area contributed by atoms with E-state index in [4.69, 9.17) is 14.2 Å². The molecule has 2 aliphatic carbocycles. The second-order valence-corrected chi connectivity index (χ2v) is 6.48. The number of carbonyl (C=O) groups excluding carboxylic acids is 2. The number of nitrogens with one attached hydrogen (secondary N) is 1. The Bertz CT molecular complexity index is 671. The van der Waals surface area contributed by atoms with Gasteiger partial charge in [0.05, 0.1) is 31.7 Å². The van der Waals surface area contributed by atoms with Crippen LogP contribution in [0, 0.1) is 23.7 Å². The zero-order valence-corrected chi connectivity index (χ0v) is 13.1. The summed E-state index contributed by atoms with van der Waals surface area (Å²) in [4.78, 5) is 24.8. The number of ether oxygens (including phenoxy) is 3. The van der Waals surface area contributed by atoms with E-state index in [1.807, 2.05) is 0 Å². The van der Waals surface area contributed by atoms with Crippen LogP contribution in [0.5, 0.6) is 11.5 Å². The third-order valence-corrected chi connectivity index (χ3v) is 5.45. The van der Waals surface area contributed by atoms with Crippen LogP contribution in [0.3, 0.4) is 0 Å². The molecule has 0 unspecified atom stereocenters. The van der Waals surface area contributed by atoms with Crippen LogP contribution in [-0.4, -0.2) is 32.2 Å². The van der Waals surface area contributed by atoms with Gasteiger partial charge in [0.1, 0.15) is 17.6 Å². The summed E-state index contributed by atoms with van der Waals surface area (Å²) in [6, 6.07) is 5.23. The van der Waals surface area contributed by atoms with E-state index in [0.717, 1.165) is 12.8 Å². The molecule has 4 rings (SSSR count). The van der Waals surface area contributed by atoms with Crippen molar-refractivity contribution in [2.75, 3.05) is 19.5 Å². The summed E-state index contributed by atoms with van der Waals surface area (Å²) in [6.07, 6.45) is 1.76. The van der Waals surface area contributed by atoms with Gasteiger partial charge in [-0.15, -0.1) is 0 Å². The highest BCUT2D eigenvalue weighted by atomic mass is 16.6. The van der Waals surface area contributed by atoms with Crippen LogP contribution in [-0.2, 0) is 14.3 Å². The molecule has 2 bridgehead atoms. The monoisotopic (exact) mass is 317 g/mol. The maximum absolute atomic E-state index is 12.8. The Balaban J connectivity index is 1.56. The van der Waals surface area contributed by atoms with Crippen molar-refractivity contribution in [1.82, 2.24) is 0 Å². The minimum atomic E-state index is -0.293. The SMILES string of the molecule is COc1ccc(NC(=O)[C@@H]2[C@@H]3C[C@@H]4[C@@H]2C(=O)O[C@H]4C3)c(OC)c1. The van der Waals surface area contributed by atoms with Gasteiger partial charge >= 0.3 is 5.97 Å². The topological polar surface area (TPSA) is 73.9 Å². The van der Waals surface area contributed by atoms with Crippen molar-refractivity contribution < 1.29 is 23.8 Å². The van der Waals surface area contributed by atoms with Gasteiger partial charge in [0, 0.05) is 12.0 Å². The van der Waals surface area contributed by atoms with Gasteiger partial charge in [-0.25, -0.2) is 0 Å². The lowest BCUT2D eigenvalue weighted by Gasteiger charge is -2.24. The van der Waals surface area contributed by atoms with Gasteiger partial charge in [0.25, 0.3) is 0 Å². The Morgan fingerprint density at radius 1 is 1.26 bits per heavy atom. The van der Waals surface area contributed by atoms with Crippen molar-refractivity contribution in [3.63, 3.8) is 0 Å². The fraction of sp³-hybridized carbons (Fsp3) is 0.529. The molecule has 122 valence electrons. The number of methoxy groups -OCH3 is 2. The van der Waals surface area contributed by atoms with E-state index in [1.165, 1.54) is 0 Å². The van der Waals surface area contributed by atoms with Crippen molar-refractivity contribution in [2.45, 2.75) is 18.9 Å². The summed E-state index contributed by atoms with van der Waals surface area (Å²) >= 11 is 0. The Morgan fingerprint density at radius 2 is 2.09 bits per heavy atom. The van der Waals surface area contributed by atoms with Crippen molar-refractivity contribution in [1.29, 1.82) is 0 Å². The smallest absolute Gasteiger partial charge is 0.310 e. The van der Waals surface area contributed by atoms with Gasteiger partial charge in [-0.05, 0) is 30.9 Å². The first kappa shape index (κ1) is 14.4. The predicted molar refractivity (Wildman–Crippen MR) is 81.2 cm³/mol. The van der Waals surface area contributed by atoms with Crippen LogP contribution in [0.15, 0.2) is 18.2 Å². The van der Waals surface area contributed by atoms with Gasteiger partial charge in [-0.2, -0.15) is 0 Å². The summed E-state index contributed by atoms with van der Waals surface area (Å²) in [6.45, 7) is 0. The summed E-state index contributed by atoms with van der Waals surface area (Å²) in [5, 5.41) is 2.92. The Morgan fingerprint density at radius 3 is 2.83 bits per heavy atom. The lowest BCUT2D eigenvalue weighted by molar-refractivity contribution is -0.145. The van der Waals surface area contributed by atoms with Crippen LogP contribution in [0.4, 0.5) is 5.69 Å². The Kier molecular flexibility index (Phi) is 3.21. The molecule has 1 N–H and O–H groups in total. The van der Waals surface area contributed by atoms with Gasteiger partial charge in [-0.1, -0.05) is 0 Å². The van der Waals surface area contributed by atoms with Crippen LogP contribution in [0.2, 0.25) is 0 Å². The largest absolute Gasteiger partial charge is 0.497 e. The molecule has 0 radical (unpaired) electrons. The third kappa shape index (κ3) is 2.08. The molecule has 3 aliphatic rings. The standard InChI is InChI=1S/C17H19NO5/c1-21-9-3-4-11(13(7-9)22-2)18-16(19)14-8-5-10-12(6-8)23-17(20)15(10)14/h3-4,7-8,10,12,14-15H,5-6H2,1-2H3,(H,18,19)/t8-,10+,12+,14-,15+/m1/s1. The molecule has 0 spiro atoms. The fourth-order valence-corrected chi connectivity index (χ4v) is 4.48. The molecule has 1 heterocycles. The van der Waals surface area contributed by atoms with E-state index in [0.29, 0.717) is 17.2 Å². The van der Waals surface area contributed by atoms with E-state index in [-0.39, 0.29) is 41.7 Å². The predicted octanol–water partition coefficient (Wildman–Crippen LogP) is 1.84. The van der Waals surface area contributed by atoms with Crippen LogP contribution >= 0.6 is 0 Å². The number of benzene rings is 1. The highest BCUT2D eigenvalue weighted by Gasteiger charge is 2.63. The maximum atomic E-state index is 12.8. The van der Waals surface area contributed by atoms with E-state index in [9.17, 15) is 9.59 Å². The maximum Gasteiger partial charge on any atom is 0.310 e. The van der Waals surface area contributed by atoms with Gasteiger partial charge in [0.2, 0.25) is 5.91 Å². The molecule has 1 amide bonds. The van der Waals surface area contributed by atoms with Crippen molar-refractivity contribution >= 4 is 17.6 Å². The van der Waals surface area contributed by atoms with E-state index >= 15 is 0 Å².